The van der Waals surface area contributed by atoms with Gasteiger partial charge >= 0.3 is 0 Å². The van der Waals surface area contributed by atoms with Crippen molar-refractivity contribution in [3.8, 4) is 0 Å². The van der Waals surface area contributed by atoms with E-state index < -0.39 is 0 Å². The molecule has 16 heavy (non-hydrogen) atoms. The normalized spacial score (nSPS) is 13.2. The molecule has 0 aliphatic heterocycles. The van der Waals surface area contributed by atoms with Crippen LogP contribution in [0.4, 0.5) is 0 Å². The molecule has 0 bridgehead atoms. The van der Waals surface area contributed by atoms with Gasteiger partial charge in [-0.25, -0.2) is 0 Å². The topological polar surface area (TPSA) is 12.0 Å². The molecule has 1 unspecified atom stereocenters. The van der Waals surface area contributed by atoms with Gasteiger partial charge in [0.25, 0.3) is 0 Å². The lowest BCUT2D eigenvalue weighted by molar-refractivity contribution is 0.625. The second-order valence-electron chi connectivity index (χ2n) is 4.13. The first-order chi connectivity index (χ1) is 7.63. The van der Waals surface area contributed by atoms with Crippen LogP contribution in [0.2, 0.25) is 0 Å². The standard InChI is InChI=1S/C14H20BrN/c1-4-9-16-12(3)6-8-13-7-5-11(2)10-14(13)15/h5-8,10,12,16H,4,9H2,1-3H3/b8-6+. The summed E-state index contributed by atoms with van der Waals surface area (Å²) in [6.45, 7) is 7.53. The first-order valence-electron chi connectivity index (χ1n) is 5.81. The third-order valence-corrected chi connectivity index (χ3v) is 3.12. The summed E-state index contributed by atoms with van der Waals surface area (Å²) < 4.78 is 1.16. The molecule has 0 radical (unpaired) electrons. The maximum absolute atomic E-state index is 3.58. The Labute approximate surface area is 107 Å². The fourth-order valence-corrected chi connectivity index (χ4v) is 2.08. The summed E-state index contributed by atoms with van der Waals surface area (Å²) in [5, 5.41) is 3.43. The van der Waals surface area contributed by atoms with Crippen molar-refractivity contribution in [2.24, 2.45) is 0 Å². The highest BCUT2D eigenvalue weighted by molar-refractivity contribution is 9.10. The van der Waals surface area contributed by atoms with Gasteiger partial charge in [-0.1, -0.05) is 47.1 Å². The molecule has 0 amide bonds. The van der Waals surface area contributed by atoms with Gasteiger partial charge in [0.15, 0.2) is 0 Å². The Bertz CT molecular complexity index is 358. The van der Waals surface area contributed by atoms with Crippen molar-refractivity contribution in [1.29, 1.82) is 0 Å². The second kappa shape index (κ2) is 6.87. The predicted molar refractivity (Wildman–Crippen MR) is 75.7 cm³/mol. The molecule has 1 rings (SSSR count). The molecule has 88 valence electrons. The van der Waals surface area contributed by atoms with Gasteiger partial charge in [0.2, 0.25) is 0 Å². The summed E-state index contributed by atoms with van der Waals surface area (Å²) in [7, 11) is 0. The molecule has 0 aromatic heterocycles. The lowest BCUT2D eigenvalue weighted by atomic mass is 10.1. The molecular weight excluding hydrogens is 262 g/mol. The molecule has 1 atom stereocenters. The fourth-order valence-electron chi connectivity index (χ4n) is 1.46. The van der Waals surface area contributed by atoms with E-state index in [1.54, 1.807) is 0 Å². The summed E-state index contributed by atoms with van der Waals surface area (Å²) in [5.41, 5.74) is 2.51. The maximum atomic E-state index is 3.58. The van der Waals surface area contributed by atoms with E-state index in [2.05, 4.69) is 72.4 Å². The molecule has 0 aliphatic rings. The minimum absolute atomic E-state index is 0.424. The molecule has 0 fully saturated rings. The molecule has 1 aromatic carbocycles. The zero-order valence-electron chi connectivity index (χ0n) is 10.3. The predicted octanol–water partition coefficient (Wildman–Crippen LogP) is 4.16. The van der Waals surface area contributed by atoms with Crippen molar-refractivity contribution in [1.82, 2.24) is 5.32 Å². The number of hydrogen-bond donors (Lipinski definition) is 1. The van der Waals surface area contributed by atoms with Crippen molar-refractivity contribution < 1.29 is 0 Å². The summed E-state index contributed by atoms with van der Waals surface area (Å²) in [6.07, 6.45) is 5.54. The van der Waals surface area contributed by atoms with Crippen molar-refractivity contribution in [3.05, 3.63) is 39.9 Å². The number of hydrogen-bond acceptors (Lipinski definition) is 1. The van der Waals surface area contributed by atoms with Gasteiger partial charge in [0.1, 0.15) is 0 Å². The van der Waals surface area contributed by atoms with Crippen molar-refractivity contribution in [2.75, 3.05) is 6.54 Å². The van der Waals surface area contributed by atoms with Crippen LogP contribution in [0.5, 0.6) is 0 Å². The smallest absolute Gasteiger partial charge is 0.0250 e. The Morgan fingerprint density at radius 1 is 1.44 bits per heavy atom. The van der Waals surface area contributed by atoms with Crippen molar-refractivity contribution in [2.45, 2.75) is 33.2 Å². The molecule has 0 heterocycles. The first kappa shape index (κ1) is 13.5. The third kappa shape index (κ3) is 4.50. The highest BCUT2D eigenvalue weighted by Gasteiger charge is 1.97. The van der Waals surface area contributed by atoms with Gasteiger partial charge in [0.05, 0.1) is 0 Å². The lowest BCUT2D eigenvalue weighted by Gasteiger charge is -2.08. The zero-order chi connectivity index (χ0) is 12.0. The Balaban J connectivity index is 2.61. The number of nitrogens with one attached hydrogen (secondary N) is 1. The summed E-state index contributed by atoms with van der Waals surface area (Å²) in [5.74, 6) is 0. The van der Waals surface area contributed by atoms with Gasteiger partial charge in [0, 0.05) is 10.5 Å². The number of benzene rings is 1. The third-order valence-electron chi connectivity index (χ3n) is 2.44. The average Bonchev–Trinajstić information content (AvgIpc) is 2.25. The van der Waals surface area contributed by atoms with Crippen LogP contribution in [-0.4, -0.2) is 12.6 Å². The molecule has 0 saturated heterocycles. The molecule has 1 aromatic rings. The Morgan fingerprint density at radius 3 is 2.81 bits per heavy atom. The van der Waals surface area contributed by atoms with Crippen LogP contribution in [0.25, 0.3) is 6.08 Å². The highest BCUT2D eigenvalue weighted by atomic mass is 79.9. The summed E-state index contributed by atoms with van der Waals surface area (Å²) in [4.78, 5) is 0. The monoisotopic (exact) mass is 281 g/mol. The fraction of sp³-hybridized carbons (Fsp3) is 0.429. The largest absolute Gasteiger partial charge is 0.311 e. The molecule has 1 nitrogen and oxygen atoms in total. The second-order valence-corrected chi connectivity index (χ2v) is 4.98. The molecule has 0 saturated carbocycles. The van der Waals surface area contributed by atoms with E-state index in [9.17, 15) is 0 Å². The van der Waals surface area contributed by atoms with Crippen molar-refractivity contribution >= 4 is 22.0 Å². The van der Waals surface area contributed by atoms with Gasteiger partial charge in [-0.15, -0.1) is 0 Å². The average molecular weight is 282 g/mol. The van der Waals surface area contributed by atoms with Crippen LogP contribution in [0, 0.1) is 6.92 Å². The van der Waals surface area contributed by atoms with E-state index in [1.165, 1.54) is 17.5 Å². The van der Waals surface area contributed by atoms with Gasteiger partial charge in [-0.2, -0.15) is 0 Å². The molecule has 1 N–H and O–H groups in total. The van der Waals surface area contributed by atoms with Crippen LogP contribution in [-0.2, 0) is 0 Å². The minimum Gasteiger partial charge on any atom is -0.311 e. The van der Waals surface area contributed by atoms with Crippen LogP contribution >= 0.6 is 15.9 Å². The van der Waals surface area contributed by atoms with Crippen LogP contribution in [0.1, 0.15) is 31.4 Å². The lowest BCUT2D eigenvalue weighted by Crippen LogP contribution is -2.24. The van der Waals surface area contributed by atoms with E-state index >= 15 is 0 Å². The van der Waals surface area contributed by atoms with Crippen molar-refractivity contribution in [3.63, 3.8) is 0 Å². The first-order valence-corrected chi connectivity index (χ1v) is 6.60. The number of halogens is 1. The highest BCUT2D eigenvalue weighted by Crippen LogP contribution is 2.19. The number of aryl methyl sites for hydroxylation is 1. The van der Waals surface area contributed by atoms with E-state index in [-0.39, 0.29) is 0 Å². The van der Waals surface area contributed by atoms with E-state index in [1.807, 2.05) is 0 Å². The quantitative estimate of drug-likeness (QED) is 0.855. The summed E-state index contributed by atoms with van der Waals surface area (Å²) in [6, 6.07) is 6.84. The number of rotatable bonds is 5. The Morgan fingerprint density at radius 2 is 2.19 bits per heavy atom. The van der Waals surface area contributed by atoms with E-state index in [0.29, 0.717) is 6.04 Å². The molecule has 0 aliphatic carbocycles. The SMILES string of the molecule is CCCNC(C)/C=C/c1ccc(C)cc1Br. The summed E-state index contributed by atoms with van der Waals surface area (Å²) >= 11 is 3.58. The molecule has 2 heteroatoms. The Hall–Kier alpha value is -0.600. The molecular formula is C14H20BrN. The van der Waals surface area contributed by atoms with Crippen LogP contribution in [0.3, 0.4) is 0 Å². The van der Waals surface area contributed by atoms with Gasteiger partial charge in [-0.3, -0.25) is 0 Å². The minimum atomic E-state index is 0.424. The van der Waals surface area contributed by atoms with Crippen LogP contribution in [0.15, 0.2) is 28.7 Å². The van der Waals surface area contributed by atoms with Crippen LogP contribution < -0.4 is 5.32 Å². The van der Waals surface area contributed by atoms with E-state index in [4.69, 9.17) is 0 Å². The Kier molecular flexibility index (Phi) is 5.78. The van der Waals surface area contributed by atoms with Gasteiger partial charge in [-0.05, 0) is 44.0 Å². The maximum Gasteiger partial charge on any atom is 0.0250 e. The van der Waals surface area contributed by atoms with Gasteiger partial charge < -0.3 is 5.32 Å². The molecule has 0 spiro atoms. The van der Waals surface area contributed by atoms with E-state index in [0.717, 1.165) is 11.0 Å². The zero-order valence-corrected chi connectivity index (χ0v) is 11.8.